The molecule has 0 aliphatic rings. The second-order valence-corrected chi connectivity index (χ2v) is 6.88. The lowest BCUT2D eigenvalue weighted by Crippen LogP contribution is -2.28. The van der Waals surface area contributed by atoms with Crippen molar-refractivity contribution in [2.45, 2.75) is 18.8 Å². The first-order valence-electron chi connectivity index (χ1n) is 6.63. The second-order valence-electron chi connectivity index (χ2n) is 4.81. The van der Waals surface area contributed by atoms with Gasteiger partial charge < -0.3 is 5.73 Å². The fourth-order valence-electron chi connectivity index (χ4n) is 2.02. The molecule has 0 fully saturated rings. The Hall–Kier alpha value is -1.76. The number of hydrogen-bond acceptors (Lipinski definition) is 4. The molecule has 2 rings (SSSR count). The summed E-state index contributed by atoms with van der Waals surface area (Å²) >= 11 is 0. The molecule has 0 amide bonds. The SMILES string of the molecule is CN(Cc1ccccn1)S(=O)(=O)Cc1ccccc1CN. The number of rotatable bonds is 6. The Kier molecular flexibility index (Phi) is 5.06. The highest BCUT2D eigenvalue weighted by atomic mass is 32.2. The largest absolute Gasteiger partial charge is 0.326 e. The number of aromatic nitrogens is 1. The smallest absolute Gasteiger partial charge is 0.218 e. The van der Waals surface area contributed by atoms with E-state index in [1.54, 1.807) is 31.4 Å². The first-order valence-corrected chi connectivity index (χ1v) is 8.24. The maximum atomic E-state index is 12.4. The molecule has 112 valence electrons. The van der Waals surface area contributed by atoms with Gasteiger partial charge in [0.15, 0.2) is 0 Å². The van der Waals surface area contributed by atoms with Gasteiger partial charge in [-0.2, -0.15) is 4.31 Å². The summed E-state index contributed by atoms with van der Waals surface area (Å²) < 4.78 is 26.2. The molecule has 1 aromatic carbocycles. The van der Waals surface area contributed by atoms with E-state index in [-0.39, 0.29) is 12.3 Å². The Morgan fingerprint density at radius 1 is 1.10 bits per heavy atom. The number of nitrogens with two attached hydrogens (primary N) is 1. The van der Waals surface area contributed by atoms with E-state index in [4.69, 9.17) is 5.73 Å². The topological polar surface area (TPSA) is 76.3 Å². The quantitative estimate of drug-likeness (QED) is 0.877. The van der Waals surface area contributed by atoms with E-state index in [2.05, 4.69) is 4.98 Å². The third-order valence-electron chi connectivity index (χ3n) is 3.26. The molecule has 0 aliphatic heterocycles. The maximum Gasteiger partial charge on any atom is 0.218 e. The standard InChI is InChI=1S/C15H19N3O2S/c1-18(11-15-8-4-5-9-17-15)21(19,20)12-14-7-3-2-6-13(14)10-16/h2-9H,10-12,16H2,1H3. The molecule has 0 bridgehead atoms. The number of sulfonamides is 1. The third-order valence-corrected chi connectivity index (χ3v) is 5.02. The minimum Gasteiger partial charge on any atom is -0.326 e. The van der Waals surface area contributed by atoms with Crippen molar-refractivity contribution < 1.29 is 8.42 Å². The van der Waals surface area contributed by atoms with Crippen LogP contribution in [0, 0.1) is 0 Å². The van der Waals surface area contributed by atoms with Crippen molar-refractivity contribution in [2.24, 2.45) is 5.73 Å². The average Bonchev–Trinajstić information content (AvgIpc) is 2.48. The van der Waals surface area contributed by atoms with Crippen LogP contribution in [0.15, 0.2) is 48.7 Å². The molecule has 2 N–H and O–H groups in total. The summed E-state index contributed by atoms with van der Waals surface area (Å²) in [6.45, 7) is 0.587. The summed E-state index contributed by atoms with van der Waals surface area (Å²) in [5.74, 6) is -0.0519. The first-order chi connectivity index (χ1) is 10.0. The van der Waals surface area contributed by atoms with Crippen molar-refractivity contribution in [3.8, 4) is 0 Å². The zero-order valence-corrected chi connectivity index (χ0v) is 12.8. The zero-order valence-electron chi connectivity index (χ0n) is 11.9. The molecule has 0 unspecified atom stereocenters. The van der Waals surface area contributed by atoms with Gasteiger partial charge in [-0.3, -0.25) is 4.98 Å². The van der Waals surface area contributed by atoms with Crippen LogP contribution in [-0.2, 0) is 28.9 Å². The van der Waals surface area contributed by atoms with E-state index in [1.165, 1.54) is 4.31 Å². The van der Waals surface area contributed by atoms with Gasteiger partial charge in [-0.25, -0.2) is 8.42 Å². The summed E-state index contributed by atoms with van der Waals surface area (Å²) in [7, 11) is -1.84. The summed E-state index contributed by atoms with van der Waals surface area (Å²) in [5.41, 5.74) is 7.97. The van der Waals surface area contributed by atoms with Gasteiger partial charge in [-0.15, -0.1) is 0 Å². The first kappa shape index (κ1) is 15.6. The lowest BCUT2D eigenvalue weighted by atomic mass is 10.1. The highest BCUT2D eigenvalue weighted by Gasteiger charge is 2.20. The lowest BCUT2D eigenvalue weighted by Gasteiger charge is -2.17. The third kappa shape index (κ3) is 4.10. The van der Waals surface area contributed by atoms with Crippen molar-refractivity contribution in [3.05, 3.63) is 65.5 Å². The Morgan fingerprint density at radius 2 is 1.76 bits per heavy atom. The summed E-state index contributed by atoms with van der Waals surface area (Å²) in [5, 5.41) is 0. The van der Waals surface area contributed by atoms with Gasteiger partial charge in [0, 0.05) is 19.8 Å². The molecule has 0 spiro atoms. The molecule has 2 aromatic rings. The average molecular weight is 305 g/mol. The van der Waals surface area contributed by atoms with Gasteiger partial charge in [0.05, 0.1) is 18.0 Å². The molecule has 1 aromatic heterocycles. The van der Waals surface area contributed by atoms with Gasteiger partial charge in [0.25, 0.3) is 0 Å². The van der Waals surface area contributed by atoms with Crippen molar-refractivity contribution in [1.29, 1.82) is 0 Å². The van der Waals surface area contributed by atoms with Gasteiger partial charge in [0.2, 0.25) is 10.0 Å². The van der Waals surface area contributed by atoms with Crippen LogP contribution in [0.4, 0.5) is 0 Å². The highest BCUT2D eigenvalue weighted by molar-refractivity contribution is 7.88. The Balaban J connectivity index is 2.14. The molecular formula is C15H19N3O2S. The molecule has 21 heavy (non-hydrogen) atoms. The van der Waals surface area contributed by atoms with Crippen LogP contribution in [0.2, 0.25) is 0 Å². The zero-order chi connectivity index (χ0) is 15.3. The fourth-order valence-corrected chi connectivity index (χ4v) is 3.25. The maximum absolute atomic E-state index is 12.4. The van der Waals surface area contributed by atoms with Crippen LogP contribution in [0.5, 0.6) is 0 Å². The van der Waals surface area contributed by atoms with Crippen LogP contribution in [0.3, 0.4) is 0 Å². The molecule has 6 heteroatoms. The number of benzene rings is 1. The fraction of sp³-hybridized carbons (Fsp3) is 0.267. The Morgan fingerprint density at radius 3 is 2.38 bits per heavy atom. The molecule has 1 heterocycles. The monoisotopic (exact) mass is 305 g/mol. The lowest BCUT2D eigenvalue weighted by molar-refractivity contribution is 0.461. The summed E-state index contributed by atoms with van der Waals surface area (Å²) in [6.07, 6.45) is 1.65. The van der Waals surface area contributed by atoms with E-state index in [0.717, 1.165) is 16.8 Å². The van der Waals surface area contributed by atoms with Gasteiger partial charge in [0.1, 0.15) is 0 Å². The van der Waals surface area contributed by atoms with Gasteiger partial charge in [-0.05, 0) is 23.3 Å². The Bertz CT molecular complexity index is 687. The second kappa shape index (κ2) is 6.80. The van der Waals surface area contributed by atoms with Crippen molar-refractivity contribution >= 4 is 10.0 Å². The molecule has 0 atom stereocenters. The number of nitrogens with zero attached hydrogens (tertiary/aromatic N) is 2. The Labute approximate surface area is 125 Å². The molecule has 0 radical (unpaired) electrons. The van der Waals surface area contributed by atoms with Gasteiger partial charge in [-0.1, -0.05) is 30.3 Å². The minimum atomic E-state index is -3.41. The van der Waals surface area contributed by atoms with E-state index in [1.807, 2.05) is 24.3 Å². The molecular weight excluding hydrogens is 286 g/mol. The highest BCUT2D eigenvalue weighted by Crippen LogP contribution is 2.15. The van der Waals surface area contributed by atoms with Crippen LogP contribution in [-0.4, -0.2) is 24.8 Å². The van der Waals surface area contributed by atoms with Crippen molar-refractivity contribution in [1.82, 2.24) is 9.29 Å². The van der Waals surface area contributed by atoms with Crippen LogP contribution in [0.1, 0.15) is 16.8 Å². The number of hydrogen-bond donors (Lipinski definition) is 1. The normalized spacial score (nSPS) is 11.8. The van der Waals surface area contributed by atoms with E-state index >= 15 is 0 Å². The minimum absolute atomic E-state index is 0.0519. The summed E-state index contributed by atoms with van der Waals surface area (Å²) in [6, 6.07) is 12.8. The number of pyridine rings is 1. The van der Waals surface area contributed by atoms with E-state index < -0.39 is 10.0 Å². The predicted molar refractivity (Wildman–Crippen MR) is 82.7 cm³/mol. The van der Waals surface area contributed by atoms with Crippen LogP contribution >= 0.6 is 0 Å². The predicted octanol–water partition coefficient (Wildman–Crippen LogP) is 1.50. The summed E-state index contributed by atoms with van der Waals surface area (Å²) in [4.78, 5) is 4.15. The van der Waals surface area contributed by atoms with E-state index in [0.29, 0.717) is 6.54 Å². The molecule has 0 saturated carbocycles. The van der Waals surface area contributed by atoms with E-state index in [9.17, 15) is 8.42 Å². The van der Waals surface area contributed by atoms with Crippen LogP contribution < -0.4 is 5.73 Å². The molecule has 0 saturated heterocycles. The molecule has 5 nitrogen and oxygen atoms in total. The molecule has 0 aliphatic carbocycles. The van der Waals surface area contributed by atoms with Crippen molar-refractivity contribution in [3.63, 3.8) is 0 Å². The van der Waals surface area contributed by atoms with Crippen LogP contribution in [0.25, 0.3) is 0 Å². The van der Waals surface area contributed by atoms with Gasteiger partial charge >= 0.3 is 0 Å². The van der Waals surface area contributed by atoms with Crippen molar-refractivity contribution in [2.75, 3.05) is 7.05 Å².